The summed E-state index contributed by atoms with van der Waals surface area (Å²) in [6.07, 6.45) is 8.32. The Balaban J connectivity index is 1.44. The molecule has 0 aliphatic carbocycles. The second-order valence-corrected chi connectivity index (χ2v) is 24.1. The van der Waals surface area contributed by atoms with Crippen molar-refractivity contribution in [1.29, 1.82) is 0 Å². The number of rotatable bonds is 4. The fourth-order valence-corrected chi connectivity index (χ4v) is 9.27. The summed E-state index contributed by atoms with van der Waals surface area (Å²) < 4.78 is 4.98. The summed E-state index contributed by atoms with van der Waals surface area (Å²) in [5.74, 6) is 13.7. The number of aromatic nitrogens is 4. The maximum Gasteiger partial charge on any atom is 0.337 e. The molecule has 0 radical (unpaired) electrons. The van der Waals surface area contributed by atoms with Crippen molar-refractivity contribution in [2.45, 2.75) is 105 Å². The van der Waals surface area contributed by atoms with E-state index in [-0.39, 0.29) is 21.7 Å². The molecule has 378 valence electrons. The number of hydrogen-bond acceptors (Lipinski definition) is 5. The molecule has 2 aliphatic rings. The lowest BCUT2D eigenvalue weighted by Gasteiger charge is -2.26. The molecule has 0 saturated heterocycles. The van der Waals surface area contributed by atoms with E-state index < -0.39 is 5.97 Å². The van der Waals surface area contributed by atoms with Gasteiger partial charge in [0.25, 0.3) is 0 Å². The smallest absolute Gasteiger partial charge is 0.337 e. The highest BCUT2D eigenvalue weighted by Crippen LogP contribution is 2.40. The first kappa shape index (κ1) is 51.8. The van der Waals surface area contributed by atoms with E-state index in [4.69, 9.17) is 14.7 Å². The molecule has 7 heteroatoms. The molecule has 75 heavy (non-hydrogen) atoms. The number of H-pyrrole nitrogens is 2. The molecule has 8 bridgehead atoms. The number of nitrogens with one attached hydrogen (secondary N) is 2. The molecule has 0 saturated carbocycles. The Morgan fingerprint density at radius 2 is 0.813 bits per heavy atom. The van der Waals surface area contributed by atoms with Gasteiger partial charge in [-0.2, -0.15) is 0 Å². The van der Waals surface area contributed by atoms with Crippen molar-refractivity contribution >= 4 is 58.0 Å². The molecule has 0 fully saturated rings. The molecular formula is C68H69N5O2. The first-order chi connectivity index (χ1) is 35.3. The van der Waals surface area contributed by atoms with Gasteiger partial charge in [0.15, 0.2) is 0 Å². The third-order valence-corrected chi connectivity index (χ3v) is 14.0. The van der Waals surface area contributed by atoms with Crippen LogP contribution in [0.4, 0.5) is 5.69 Å². The highest BCUT2D eigenvalue weighted by molar-refractivity contribution is 5.96. The Bertz CT molecular complexity index is 3530. The number of fused-ring (bicyclic) bond motifs is 8. The monoisotopic (exact) mass is 988 g/mol. The normalized spacial score (nSPS) is 12.5. The molecule has 7 nitrogen and oxygen atoms in total. The standard InChI is InChI=1S/C68H69N5O2/c1-65(2,3)47-36-45(37-48(40-47)66(4,5)6)62-58-32-28-54(69-58)52(26-20-42-16-22-44(23-17-42)64(74)75-15)55-29-33-59(70-55)63(46-38-49(67(7,8)9)41-50(39-46)68(10,11)12)61-35-31-57(72-61)53(56-30-34-60(62)71-56)27-21-43-18-24-51(25-19-43)73(13)14/h16-19,22-25,28-41,71-72H,1-15H3. The summed E-state index contributed by atoms with van der Waals surface area (Å²) in [6.45, 7) is 27.2. The van der Waals surface area contributed by atoms with Gasteiger partial charge in [0, 0.05) is 53.1 Å². The maximum absolute atomic E-state index is 12.4. The summed E-state index contributed by atoms with van der Waals surface area (Å²) in [4.78, 5) is 33.3. The SMILES string of the molecule is COC(=O)c1ccc(C#Cc2c3nc(c(-c4cc(C(C)(C)C)cc(C(C)(C)C)c4)c4ccc([nH]4)c(C#Cc4ccc(N(C)C)cc4)c4ccc([nH]4)c(-c4cc(C(C)(C)C)cc(C(C)(C)C)c4)c4nc2C=C4)C=C3)cc1. The third kappa shape index (κ3) is 11.1. The Morgan fingerprint density at radius 1 is 0.453 bits per heavy atom. The maximum atomic E-state index is 12.4. The number of hydrogen-bond donors (Lipinski definition) is 2. The quantitative estimate of drug-likeness (QED) is 0.136. The molecule has 0 amide bonds. The number of carbonyl (C=O) groups is 1. The number of ether oxygens (including phenoxy) is 1. The first-order valence-corrected chi connectivity index (χ1v) is 25.8. The van der Waals surface area contributed by atoms with Crippen molar-refractivity contribution in [3.63, 3.8) is 0 Å². The van der Waals surface area contributed by atoms with Crippen LogP contribution in [0, 0.1) is 23.7 Å². The number of anilines is 1. The second-order valence-electron chi connectivity index (χ2n) is 24.1. The number of esters is 1. The zero-order valence-electron chi connectivity index (χ0n) is 46.4. The number of aromatic amines is 2. The van der Waals surface area contributed by atoms with E-state index >= 15 is 0 Å². The van der Waals surface area contributed by atoms with E-state index in [1.165, 1.54) is 29.4 Å². The number of carbonyl (C=O) groups excluding carboxylic acids is 1. The third-order valence-electron chi connectivity index (χ3n) is 14.0. The molecule has 9 rings (SSSR count). The van der Waals surface area contributed by atoms with Crippen molar-refractivity contribution in [2.75, 3.05) is 26.1 Å². The average molecular weight is 988 g/mol. The summed E-state index contributed by atoms with van der Waals surface area (Å²) in [7, 11) is 5.47. The van der Waals surface area contributed by atoms with Gasteiger partial charge in [0.2, 0.25) is 0 Å². The van der Waals surface area contributed by atoms with Gasteiger partial charge in [-0.25, -0.2) is 14.8 Å². The lowest BCUT2D eigenvalue weighted by molar-refractivity contribution is 0.0600. The van der Waals surface area contributed by atoms with E-state index in [1.54, 1.807) is 12.1 Å². The molecule has 3 aromatic heterocycles. The molecule has 7 aromatic rings. The Kier molecular flexibility index (Phi) is 13.5. The first-order valence-electron chi connectivity index (χ1n) is 25.8. The van der Waals surface area contributed by atoms with Gasteiger partial charge in [0.1, 0.15) is 0 Å². The van der Waals surface area contributed by atoms with Crippen LogP contribution in [0.25, 0.3) is 68.6 Å². The predicted molar refractivity (Wildman–Crippen MR) is 315 cm³/mol. The molecular weight excluding hydrogens is 919 g/mol. The van der Waals surface area contributed by atoms with E-state index in [2.05, 4.69) is 231 Å². The molecule has 4 aromatic carbocycles. The van der Waals surface area contributed by atoms with Gasteiger partial charge in [-0.1, -0.05) is 143 Å². The molecule has 5 heterocycles. The van der Waals surface area contributed by atoms with E-state index in [9.17, 15) is 4.79 Å². The summed E-state index contributed by atoms with van der Waals surface area (Å²) >= 11 is 0. The van der Waals surface area contributed by atoms with Gasteiger partial charge in [-0.15, -0.1) is 0 Å². The zero-order valence-corrected chi connectivity index (χ0v) is 46.4. The summed E-state index contributed by atoms with van der Waals surface area (Å²) in [5, 5.41) is 0. The van der Waals surface area contributed by atoms with Crippen LogP contribution in [-0.2, 0) is 26.4 Å². The van der Waals surface area contributed by atoms with E-state index in [0.717, 1.165) is 78.1 Å². The second kappa shape index (κ2) is 19.6. The molecule has 0 unspecified atom stereocenters. The van der Waals surface area contributed by atoms with Crippen LogP contribution in [0.1, 0.15) is 161 Å². The average Bonchev–Trinajstić information content (AvgIpc) is 4.21. The molecule has 0 spiro atoms. The Labute approximate surface area is 444 Å². The zero-order chi connectivity index (χ0) is 53.8. The predicted octanol–water partition coefficient (Wildman–Crippen LogP) is 15.8. The van der Waals surface area contributed by atoms with Gasteiger partial charge in [0.05, 0.1) is 57.6 Å². The minimum absolute atomic E-state index is 0.127. The minimum Gasteiger partial charge on any atom is -0.465 e. The van der Waals surface area contributed by atoms with Gasteiger partial charge >= 0.3 is 5.97 Å². The van der Waals surface area contributed by atoms with Crippen LogP contribution in [0.2, 0.25) is 0 Å². The summed E-state index contributed by atoms with van der Waals surface area (Å²) in [6, 6.07) is 38.1. The largest absolute Gasteiger partial charge is 0.465 e. The van der Waals surface area contributed by atoms with Crippen LogP contribution < -0.4 is 4.90 Å². The summed E-state index contributed by atoms with van der Waals surface area (Å²) in [5.41, 5.74) is 19.7. The number of methoxy groups -OCH3 is 1. The highest BCUT2D eigenvalue weighted by Gasteiger charge is 2.26. The Hall–Kier alpha value is -8.13. The minimum atomic E-state index is -0.399. The fourth-order valence-electron chi connectivity index (χ4n) is 9.27. The van der Waals surface area contributed by atoms with Gasteiger partial charge in [-0.3, -0.25) is 0 Å². The van der Waals surface area contributed by atoms with Crippen molar-refractivity contribution in [1.82, 2.24) is 19.9 Å². The van der Waals surface area contributed by atoms with Crippen LogP contribution in [0.5, 0.6) is 0 Å². The molecule has 0 atom stereocenters. The van der Waals surface area contributed by atoms with Crippen LogP contribution in [0.3, 0.4) is 0 Å². The van der Waals surface area contributed by atoms with E-state index in [1.807, 2.05) is 26.2 Å². The number of nitrogens with zero attached hydrogens (tertiary/aromatic N) is 3. The van der Waals surface area contributed by atoms with E-state index in [0.29, 0.717) is 22.5 Å². The van der Waals surface area contributed by atoms with Crippen LogP contribution in [-0.4, -0.2) is 47.1 Å². The van der Waals surface area contributed by atoms with Gasteiger partial charge < -0.3 is 19.6 Å². The number of benzene rings is 4. The van der Waals surface area contributed by atoms with Crippen molar-refractivity contribution in [2.24, 2.45) is 0 Å². The lowest BCUT2D eigenvalue weighted by Crippen LogP contribution is -2.16. The van der Waals surface area contributed by atoms with Crippen molar-refractivity contribution in [3.05, 3.63) is 182 Å². The Morgan fingerprint density at radius 3 is 1.19 bits per heavy atom. The molecule has 2 aliphatic heterocycles. The van der Waals surface area contributed by atoms with Gasteiger partial charge in [-0.05, 0) is 152 Å². The van der Waals surface area contributed by atoms with Crippen molar-refractivity contribution < 1.29 is 9.53 Å². The molecule has 2 N–H and O–H groups in total. The van der Waals surface area contributed by atoms with Crippen LogP contribution >= 0.6 is 0 Å². The lowest BCUT2D eigenvalue weighted by atomic mass is 9.78. The topological polar surface area (TPSA) is 86.9 Å². The highest BCUT2D eigenvalue weighted by atomic mass is 16.5. The van der Waals surface area contributed by atoms with Crippen molar-refractivity contribution in [3.8, 4) is 45.9 Å². The fraction of sp³-hybridized carbons (Fsp3) is 0.279. The van der Waals surface area contributed by atoms with Crippen LogP contribution in [0.15, 0.2) is 109 Å².